The molecule has 38 heavy (non-hydrogen) atoms. The number of anilines is 1. The lowest BCUT2D eigenvalue weighted by atomic mass is 10.2. The zero-order valence-corrected chi connectivity index (χ0v) is 23.5. The largest absolute Gasteiger partial charge is 0.380 e. The van der Waals surface area contributed by atoms with Gasteiger partial charge in [-0.1, -0.05) is 25.1 Å². The van der Waals surface area contributed by atoms with Gasteiger partial charge in [0.25, 0.3) is 5.91 Å². The maximum Gasteiger partial charge on any atom is 0.251 e. The highest BCUT2D eigenvalue weighted by Crippen LogP contribution is 2.24. The van der Waals surface area contributed by atoms with Crippen molar-refractivity contribution in [1.29, 1.82) is 0 Å². The average molecular weight is 562 g/mol. The Morgan fingerprint density at radius 2 is 1.84 bits per heavy atom. The van der Waals surface area contributed by atoms with Crippen molar-refractivity contribution < 1.29 is 17.9 Å². The van der Waals surface area contributed by atoms with Crippen molar-refractivity contribution in [2.75, 3.05) is 50.5 Å². The molecule has 206 valence electrons. The molecule has 1 amide bonds. The number of amides is 1. The molecule has 0 radical (unpaired) electrons. The molecule has 4 rings (SSSR count). The summed E-state index contributed by atoms with van der Waals surface area (Å²) < 4.78 is 34.4. The molecule has 1 aliphatic heterocycles. The normalized spacial score (nSPS) is 14.6. The highest BCUT2D eigenvalue weighted by atomic mass is 32.2. The molecule has 1 saturated heterocycles. The Morgan fingerprint density at radius 3 is 2.55 bits per heavy atom. The highest BCUT2D eigenvalue weighted by molar-refractivity contribution is 7.99. The van der Waals surface area contributed by atoms with E-state index in [1.807, 2.05) is 13.8 Å². The molecule has 11 nitrogen and oxygen atoms in total. The van der Waals surface area contributed by atoms with Crippen LogP contribution in [-0.4, -0.2) is 83.5 Å². The Bertz CT molecular complexity index is 1320. The lowest BCUT2D eigenvalue weighted by molar-refractivity contribution is 0.0952. The van der Waals surface area contributed by atoms with E-state index in [0.29, 0.717) is 68.1 Å². The van der Waals surface area contributed by atoms with Crippen LogP contribution in [0.25, 0.3) is 11.0 Å². The van der Waals surface area contributed by atoms with Gasteiger partial charge in [-0.05, 0) is 49.8 Å². The van der Waals surface area contributed by atoms with Gasteiger partial charge in [0.15, 0.2) is 10.8 Å². The van der Waals surface area contributed by atoms with E-state index in [1.54, 1.807) is 34.8 Å². The van der Waals surface area contributed by atoms with Crippen LogP contribution in [0.1, 0.15) is 43.5 Å². The van der Waals surface area contributed by atoms with Gasteiger partial charge in [0.1, 0.15) is 5.82 Å². The molecule has 3 heterocycles. The Kier molecular flexibility index (Phi) is 9.94. The van der Waals surface area contributed by atoms with Crippen LogP contribution in [0.2, 0.25) is 0 Å². The van der Waals surface area contributed by atoms with E-state index in [-0.39, 0.29) is 10.8 Å². The maximum atomic E-state index is 12.8. The zero-order valence-electron chi connectivity index (χ0n) is 21.9. The van der Waals surface area contributed by atoms with Crippen LogP contribution < -0.4 is 10.6 Å². The van der Waals surface area contributed by atoms with Crippen molar-refractivity contribution in [3.05, 3.63) is 36.0 Å². The lowest BCUT2D eigenvalue weighted by Gasteiger charge is -2.25. The zero-order chi connectivity index (χ0) is 27.0. The Balaban J connectivity index is 1.38. The molecule has 3 aromatic rings. The Morgan fingerprint density at radius 1 is 1.08 bits per heavy atom. The van der Waals surface area contributed by atoms with Gasteiger partial charge >= 0.3 is 0 Å². The van der Waals surface area contributed by atoms with Crippen molar-refractivity contribution in [2.24, 2.45) is 0 Å². The van der Waals surface area contributed by atoms with E-state index in [4.69, 9.17) is 4.74 Å². The summed E-state index contributed by atoms with van der Waals surface area (Å²) in [6.07, 6.45) is 4.53. The summed E-state index contributed by atoms with van der Waals surface area (Å²) in [5, 5.41) is 12.1. The van der Waals surface area contributed by atoms with Gasteiger partial charge in [0.05, 0.1) is 29.6 Å². The van der Waals surface area contributed by atoms with Gasteiger partial charge in [-0.3, -0.25) is 4.79 Å². The van der Waals surface area contributed by atoms with Gasteiger partial charge in [-0.2, -0.15) is 9.40 Å². The van der Waals surface area contributed by atoms with E-state index in [9.17, 15) is 13.2 Å². The number of aromatic nitrogens is 4. The molecular weight excluding hydrogens is 526 g/mol. The summed E-state index contributed by atoms with van der Waals surface area (Å²) in [5.74, 6) is 1.27. The molecule has 1 aliphatic rings. The van der Waals surface area contributed by atoms with E-state index >= 15 is 0 Å². The topological polar surface area (TPSA) is 131 Å². The van der Waals surface area contributed by atoms with Crippen LogP contribution in [0.5, 0.6) is 0 Å². The van der Waals surface area contributed by atoms with Crippen LogP contribution in [0, 0.1) is 0 Å². The number of carbonyl (C=O) groups excluding carboxylic acids is 1. The summed E-state index contributed by atoms with van der Waals surface area (Å²) in [6, 6.07) is 6.11. The second-order valence-corrected chi connectivity index (χ2v) is 11.9. The molecule has 0 aliphatic carbocycles. The number of rotatable bonds is 13. The summed E-state index contributed by atoms with van der Waals surface area (Å²) in [6.45, 7) is 7.68. The monoisotopic (exact) mass is 561 g/mol. The van der Waals surface area contributed by atoms with Gasteiger partial charge in [-0.15, -0.1) is 0 Å². The van der Waals surface area contributed by atoms with Crippen molar-refractivity contribution in [1.82, 2.24) is 29.4 Å². The molecule has 0 atom stereocenters. The van der Waals surface area contributed by atoms with Crippen LogP contribution >= 0.6 is 11.8 Å². The lowest BCUT2D eigenvalue weighted by Crippen LogP contribution is -2.35. The molecule has 0 unspecified atom stereocenters. The van der Waals surface area contributed by atoms with Crippen LogP contribution in [0.3, 0.4) is 0 Å². The van der Waals surface area contributed by atoms with Gasteiger partial charge in [-0.25, -0.2) is 23.1 Å². The van der Waals surface area contributed by atoms with Gasteiger partial charge in [0, 0.05) is 38.3 Å². The number of piperidine rings is 1. The minimum absolute atomic E-state index is 0.213. The number of thioether (sulfide) groups is 1. The third kappa shape index (κ3) is 6.82. The van der Waals surface area contributed by atoms with Gasteiger partial charge in [0.2, 0.25) is 10.0 Å². The smallest absolute Gasteiger partial charge is 0.251 e. The molecule has 1 fully saturated rings. The number of ether oxygens (including phenoxy) is 1. The summed E-state index contributed by atoms with van der Waals surface area (Å²) in [5.41, 5.74) is 1.09. The van der Waals surface area contributed by atoms with Crippen molar-refractivity contribution in [3.63, 3.8) is 0 Å². The minimum atomic E-state index is -3.53. The first-order valence-corrected chi connectivity index (χ1v) is 15.4. The van der Waals surface area contributed by atoms with Crippen LogP contribution in [0.4, 0.5) is 5.82 Å². The number of carbonyl (C=O) groups is 1. The molecule has 2 aromatic heterocycles. The first-order chi connectivity index (χ1) is 18.4. The minimum Gasteiger partial charge on any atom is -0.380 e. The van der Waals surface area contributed by atoms with Crippen LogP contribution in [0.15, 0.2) is 40.5 Å². The third-order valence-corrected chi connectivity index (χ3v) is 8.81. The van der Waals surface area contributed by atoms with Crippen LogP contribution in [-0.2, 0) is 21.3 Å². The molecule has 0 saturated carbocycles. The first-order valence-electron chi connectivity index (χ1n) is 13.0. The summed E-state index contributed by atoms with van der Waals surface area (Å²) in [4.78, 5) is 22.2. The fourth-order valence-corrected chi connectivity index (χ4v) is 6.31. The number of nitrogens with zero attached hydrogens (tertiary/aromatic N) is 5. The van der Waals surface area contributed by atoms with Crippen molar-refractivity contribution >= 4 is 44.5 Å². The molecule has 2 N–H and O–H groups in total. The number of hydrogen-bond donors (Lipinski definition) is 2. The predicted octanol–water partition coefficient (Wildman–Crippen LogP) is 2.99. The van der Waals surface area contributed by atoms with Crippen molar-refractivity contribution in [3.8, 4) is 0 Å². The maximum absolute atomic E-state index is 12.8. The number of hydrogen-bond acceptors (Lipinski definition) is 9. The van der Waals surface area contributed by atoms with Gasteiger partial charge < -0.3 is 15.4 Å². The number of benzene rings is 1. The summed E-state index contributed by atoms with van der Waals surface area (Å²) >= 11 is 1.55. The van der Waals surface area contributed by atoms with E-state index in [2.05, 4.69) is 25.7 Å². The Hall–Kier alpha value is -2.74. The fraction of sp³-hybridized carbons (Fsp3) is 0.520. The SMILES string of the molecule is CCOCCNc1nc(SCC)nc2c1cnn2CCNC(=O)c1ccc(S(=O)(=O)N2CCCCC2)cc1. The highest BCUT2D eigenvalue weighted by Gasteiger charge is 2.26. The number of fused-ring (bicyclic) bond motifs is 1. The third-order valence-electron chi connectivity index (χ3n) is 6.17. The quantitative estimate of drug-likeness (QED) is 0.184. The molecule has 0 spiro atoms. The molecular formula is C25H35N7O4S2. The predicted molar refractivity (Wildman–Crippen MR) is 148 cm³/mol. The summed E-state index contributed by atoms with van der Waals surface area (Å²) in [7, 11) is -3.53. The second-order valence-electron chi connectivity index (χ2n) is 8.76. The average Bonchev–Trinajstić information content (AvgIpc) is 3.34. The van der Waals surface area contributed by atoms with Crippen molar-refractivity contribution in [2.45, 2.75) is 49.7 Å². The first kappa shape index (κ1) is 28.3. The Labute approximate surface area is 227 Å². The number of sulfonamides is 1. The van der Waals surface area contributed by atoms with E-state index in [0.717, 1.165) is 30.4 Å². The second kappa shape index (κ2) is 13.4. The van der Waals surface area contributed by atoms with E-state index < -0.39 is 10.0 Å². The molecule has 13 heteroatoms. The number of nitrogens with one attached hydrogen (secondary N) is 2. The molecule has 1 aromatic carbocycles. The fourth-order valence-electron chi connectivity index (χ4n) is 4.22. The molecule has 0 bridgehead atoms. The standard InChI is InChI=1S/C25H35N7O4S2/c1-3-36-17-13-26-22-21-18-28-32(23(21)30-25(29-22)37-4-2)16-12-27-24(33)19-8-10-20(11-9-19)38(34,35)31-14-6-5-7-15-31/h8-11,18H,3-7,12-17H2,1-2H3,(H,27,33)(H,26,29,30). The van der Waals surface area contributed by atoms with E-state index in [1.165, 1.54) is 16.4 Å².